The third kappa shape index (κ3) is 8.06. The summed E-state index contributed by atoms with van der Waals surface area (Å²) in [6.07, 6.45) is 2.24. The highest BCUT2D eigenvalue weighted by molar-refractivity contribution is 6.18. The molecule has 13 heavy (non-hydrogen) atoms. The lowest BCUT2D eigenvalue weighted by Gasteiger charge is -2.07. The van der Waals surface area contributed by atoms with Gasteiger partial charge in [-0.2, -0.15) is 0 Å². The van der Waals surface area contributed by atoms with Crippen molar-refractivity contribution in [2.24, 2.45) is 5.92 Å². The van der Waals surface area contributed by atoms with Gasteiger partial charge in [0, 0.05) is 25.5 Å². The van der Waals surface area contributed by atoms with E-state index in [9.17, 15) is 4.79 Å². The third-order valence-corrected chi connectivity index (χ3v) is 2.02. The van der Waals surface area contributed by atoms with Gasteiger partial charge in [-0.05, 0) is 18.8 Å². The van der Waals surface area contributed by atoms with Gasteiger partial charge in [0.25, 0.3) is 0 Å². The van der Waals surface area contributed by atoms with Gasteiger partial charge in [-0.25, -0.2) is 0 Å². The van der Waals surface area contributed by atoms with Crippen LogP contribution in [0.25, 0.3) is 0 Å². The molecule has 1 atom stereocenters. The molecule has 0 radical (unpaired) electrons. The number of hydrogen-bond acceptors (Lipinski definition) is 2. The molecule has 2 N–H and O–H groups in total. The summed E-state index contributed by atoms with van der Waals surface area (Å²) >= 11 is 5.39. The molecule has 0 aromatic carbocycles. The van der Waals surface area contributed by atoms with Gasteiger partial charge < -0.3 is 10.4 Å². The van der Waals surface area contributed by atoms with Crippen LogP contribution in [-0.2, 0) is 4.79 Å². The van der Waals surface area contributed by atoms with E-state index >= 15 is 0 Å². The summed E-state index contributed by atoms with van der Waals surface area (Å²) in [6.45, 7) is 2.89. The highest BCUT2D eigenvalue weighted by Gasteiger charge is 2.01. The number of carbonyl (C=O) groups excluding carboxylic acids is 1. The molecule has 0 fully saturated rings. The van der Waals surface area contributed by atoms with Crippen molar-refractivity contribution >= 4 is 17.5 Å². The number of aliphatic hydroxyl groups excluding tert-OH is 1. The first-order chi connectivity index (χ1) is 6.20. The number of amides is 1. The molecule has 0 aliphatic rings. The number of halogens is 1. The Morgan fingerprint density at radius 3 is 2.85 bits per heavy atom. The Kier molecular flexibility index (Phi) is 8.14. The predicted octanol–water partition coefficient (Wildman–Crippen LogP) is 1.14. The molecule has 0 aliphatic carbocycles. The maximum atomic E-state index is 10.9. The molecule has 0 heterocycles. The number of carbonyl (C=O) groups is 1. The largest absolute Gasteiger partial charge is 0.396 e. The van der Waals surface area contributed by atoms with E-state index in [1.165, 1.54) is 0 Å². The fraction of sp³-hybridized carbons (Fsp3) is 0.889. The van der Waals surface area contributed by atoms with E-state index < -0.39 is 0 Å². The molecule has 0 saturated heterocycles. The molecule has 0 aliphatic heterocycles. The Balaban J connectivity index is 3.20. The number of rotatable bonds is 7. The minimum Gasteiger partial charge on any atom is -0.396 e. The van der Waals surface area contributed by atoms with Crippen LogP contribution in [0.5, 0.6) is 0 Å². The van der Waals surface area contributed by atoms with Crippen LogP contribution in [0.3, 0.4) is 0 Å². The second-order valence-electron chi connectivity index (χ2n) is 3.22. The van der Waals surface area contributed by atoms with E-state index in [0.29, 0.717) is 24.8 Å². The van der Waals surface area contributed by atoms with E-state index in [1.54, 1.807) is 0 Å². The maximum Gasteiger partial charge on any atom is 0.221 e. The van der Waals surface area contributed by atoms with E-state index in [-0.39, 0.29) is 12.5 Å². The molecule has 0 rings (SSSR count). The first-order valence-electron chi connectivity index (χ1n) is 4.64. The van der Waals surface area contributed by atoms with E-state index in [4.69, 9.17) is 16.7 Å². The van der Waals surface area contributed by atoms with Gasteiger partial charge in [-0.1, -0.05) is 6.92 Å². The molecule has 0 spiro atoms. The van der Waals surface area contributed by atoms with Crippen molar-refractivity contribution in [3.05, 3.63) is 0 Å². The second kappa shape index (κ2) is 8.32. The van der Waals surface area contributed by atoms with Crippen molar-refractivity contribution in [1.82, 2.24) is 5.32 Å². The number of nitrogens with one attached hydrogen (secondary N) is 1. The van der Waals surface area contributed by atoms with Gasteiger partial charge in [-0.3, -0.25) is 4.79 Å². The summed E-state index contributed by atoms with van der Waals surface area (Å²) < 4.78 is 0. The quantitative estimate of drug-likeness (QED) is 0.486. The first kappa shape index (κ1) is 12.7. The molecule has 1 unspecified atom stereocenters. The third-order valence-electron chi connectivity index (χ3n) is 1.83. The van der Waals surface area contributed by atoms with Crippen molar-refractivity contribution in [2.75, 3.05) is 19.0 Å². The van der Waals surface area contributed by atoms with Crippen LogP contribution in [0.1, 0.15) is 26.2 Å². The molecule has 78 valence electrons. The zero-order valence-corrected chi connectivity index (χ0v) is 8.81. The SMILES string of the molecule is CC(CO)CCCNC(=O)CCCl. The van der Waals surface area contributed by atoms with E-state index in [0.717, 1.165) is 12.8 Å². The Labute approximate surface area is 84.5 Å². The van der Waals surface area contributed by atoms with Crippen molar-refractivity contribution in [3.63, 3.8) is 0 Å². The average molecular weight is 208 g/mol. The normalized spacial score (nSPS) is 12.5. The molecule has 1 amide bonds. The van der Waals surface area contributed by atoms with Gasteiger partial charge in [0.15, 0.2) is 0 Å². The van der Waals surface area contributed by atoms with E-state index in [1.807, 2.05) is 6.92 Å². The lowest BCUT2D eigenvalue weighted by atomic mass is 10.1. The van der Waals surface area contributed by atoms with Gasteiger partial charge in [0.05, 0.1) is 0 Å². The minimum atomic E-state index is 0.00616. The van der Waals surface area contributed by atoms with Crippen LogP contribution >= 0.6 is 11.6 Å². The fourth-order valence-corrected chi connectivity index (χ4v) is 1.12. The molecular weight excluding hydrogens is 190 g/mol. The molecule has 4 heteroatoms. The number of aliphatic hydroxyl groups is 1. The zero-order valence-electron chi connectivity index (χ0n) is 8.05. The molecular formula is C9H18ClNO2. The highest BCUT2D eigenvalue weighted by atomic mass is 35.5. The Morgan fingerprint density at radius 2 is 2.31 bits per heavy atom. The van der Waals surface area contributed by atoms with Gasteiger partial charge >= 0.3 is 0 Å². The van der Waals surface area contributed by atoms with Crippen molar-refractivity contribution in [1.29, 1.82) is 0 Å². The van der Waals surface area contributed by atoms with Crippen molar-refractivity contribution in [2.45, 2.75) is 26.2 Å². The molecule has 0 saturated carbocycles. The summed E-state index contributed by atoms with van der Waals surface area (Å²) in [7, 11) is 0. The number of hydrogen-bond donors (Lipinski definition) is 2. The summed E-state index contributed by atoms with van der Waals surface area (Å²) in [5.41, 5.74) is 0. The van der Waals surface area contributed by atoms with Gasteiger partial charge in [-0.15, -0.1) is 11.6 Å². The summed E-state index contributed by atoms with van der Waals surface area (Å²) in [4.78, 5) is 10.9. The maximum absolute atomic E-state index is 10.9. The smallest absolute Gasteiger partial charge is 0.221 e. The molecule has 0 bridgehead atoms. The topological polar surface area (TPSA) is 49.3 Å². The van der Waals surface area contributed by atoms with E-state index in [2.05, 4.69) is 5.32 Å². The fourth-order valence-electron chi connectivity index (χ4n) is 0.944. The first-order valence-corrected chi connectivity index (χ1v) is 5.17. The van der Waals surface area contributed by atoms with Gasteiger partial charge in [0.1, 0.15) is 0 Å². The Hall–Kier alpha value is -0.280. The standard InChI is InChI=1S/C9H18ClNO2/c1-8(7-12)3-2-6-11-9(13)4-5-10/h8,12H,2-7H2,1H3,(H,11,13). The van der Waals surface area contributed by atoms with Crippen LogP contribution in [0.15, 0.2) is 0 Å². The zero-order chi connectivity index (χ0) is 10.1. The van der Waals surface area contributed by atoms with Crippen molar-refractivity contribution in [3.8, 4) is 0 Å². The molecule has 0 aromatic rings. The van der Waals surface area contributed by atoms with Crippen LogP contribution in [0.4, 0.5) is 0 Å². The summed E-state index contributed by atoms with van der Waals surface area (Å²) in [5.74, 6) is 0.704. The van der Waals surface area contributed by atoms with Crippen LogP contribution in [0, 0.1) is 5.92 Å². The Morgan fingerprint density at radius 1 is 1.62 bits per heavy atom. The second-order valence-corrected chi connectivity index (χ2v) is 3.60. The summed E-state index contributed by atoms with van der Waals surface area (Å²) in [5, 5.41) is 11.5. The predicted molar refractivity (Wildman–Crippen MR) is 53.8 cm³/mol. The Bertz CT molecular complexity index is 142. The van der Waals surface area contributed by atoms with Crippen molar-refractivity contribution < 1.29 is 9.90 Å². The van der Waals surface area contributed by atoms with Gasteiger partial charge in [0.2, 0.25) is 5.91 Å². The summed E-state index contributed by atoms with van der Waals surface area (Å²) in [6, 6.07) is 0. The average Bonchev–Trinajstić information content (AvgIpc) is 2.12. The molecule has 3 nitrogen and oxygen atoms in total. The number of alkyl halides is 1. The lowest BCUT2D eigenvalue weighted by Crippen LogP contribution is -2.24. The van der Waals surface area contributed by atoms with Crippen LogP contribution < -0.4 is 5.32 Å². The van der Waals surface area contributed by atoms with Crippen LogP contribution in [-0.4, -0.2) is 30.0 Å². The monoisotopic (exact) mass is 207 g/mol. The molecule has 0 aromatic heterocycles. The minimum absolute atomic E-state index is 0.00616. The van der Waals surface area contributed by atoms with Crippen LogP contribution in [0.2, 0.25) is 0 Å². The highest BCUT2D eigenvalue weighted by Crippen LogP contribution is 2.02. The lowest BCUT2D eigenvalue weighted by molar-refractivity contribution is -0.120.